The van der Waals surface area contributed by atoms with E-state index >= 15 is 0 Å². The van der Waals surface area contributed by atoms with Crippen molar-refractivity contribution >= 4 is 0 Å². The van der Waals surface area contributed by atoms with E-state index in [4.69, 9.17) is 0 Å². The molecule has 4 aromatic carbocycles. The number of benzene rings is 4. The van der Waals surface area contributed by atoms with Gasteiger partial charge in [0.2, 0.25) is 0 Å². The van der Waals surface area contributed by atoms with Gasteiger partial charge in [-0.1, -0.05) is 128 Å². The molecule has 0 heterocycles. The Morgan fingerprint density at radius 1 is 0.345 bits per heavy atom. The fourth-order valence-corrected chi connectivity index (χ4v) is 3.91. The highest BCUT2D eigenvalue weighted by molar-refractivity contribution is 5.47. The molecule has 0 nitrogen and oxygen atoms in total. The summed E-state index contributed by atoms with van der Waals surface area (Å²) in [6, 6.07) is 43.2. The zero-order valence-electron chi connectivity index (χ0n) is 16.7. The van der Waals surface area contributed by atoms with E-state index in [1.165, 1.54) is 34.1 Å². The van der Waals surface area contributed by atoms with Crippen molar-refractivity contribution in [3.8, 4) is 0 Å². The van der Waals surface area contributed by atoms with Crippen molar-refractivity contribution in [3.05, 3.63) is 155 Å². The molecule has 0 unspecified atom stereocenters. The Bertz CT molecular complexity index is 797. The van der Waals surface area contributed by atoms with Gasteiger partial charge in [-0.15, -0.1) is 0 Å². The maximum Gasteiger partial charge on any atom is 0.0340 e. The van der Waals surface area contributed by atoms with Gasteiger partial charge in [0, 0.05) is 11.8 Å². The molecule has 0 aliphatic heterocycles. The standard InChI is InChI=1S/C29H26/c1-5-14-24(15-6-1)28(25-16-7-2-8-17-25)22-13-23-29(26-18-9-3-10-19-26)27-20-11-4-12-21-27/h1-12,14-21H,13,22-23H2. The van der Waals surface area contributed by atoms with Crippen LogP contribution in [0.25, 0.3) is 0 Å². The summed E-state index contributed by atoms with van der Waals surface area (Å²) >= 11 is 0. The summed E-state index contributed by atoms with van der Waals surface area (Å²) in [5.41, 5.74) is 5.28. The lowest BCUT2D eigenvalue weighted by molar-refractivity contribution is 0.741. The first-order valence-electron chi connectivity index (χ1n) is 10.3. The molecule has 0 saturated heterocycles. The number of rotatable bonds is 8. The Morgan fingerprint density at radius 2 is 0.586 bits per heavy atom. The van der Waals surface area contributed by atoms with Crippen LogP contribution >= 0.6 is 0 Å². The van der Waals surface area contributed by atoms with Crippen molar-refractivity contribution in [2.45, 2.75) is 19.3 Å². The first kappa shape index (κ1) is 19.2. The highest BCUT2D eigenvalue weighted by atomic mass is 14.2. The maximum absolute atomic E-state index is 2.22. The summed E-state index contributed by atoms with van der Waals surface area (Å²) in [4.78, 5) is 0. The zero-order chi connectivity index (χ0) is 19.7. The summed E-state index contributed by atoms with van der Waals surface area (Å²) in [5.74, 6) is 2.85. The zero-order valence-corrected chi connectivity index (χ0v) is 16.7. The van der Waals surface area contributed by atoms with Gasteiger partial charge in [-0.05, 0) is 35.1 Å². The van der Waals surface area contributed by atoms with Crippen LogP contribution < -0.4 is 0 Å². The smallest absolute Gasteiger partial charge is 0.0340 e. The van der Waals surface area contributed by atoms with E-state index in [1.807, 2.05) is 0 Å². The Kier molecular flexibility index (Phi) is 6.55. The Balaban J connectivity index is 1.53. The van der Waals surface area contributed by atoms with Gasteiger partial charge in [-0.2, -0.15) is 0 Å². The van der Waals surface area contributed by atoms with E-state index in [2.05, 4.69) is 121 Å². The highest BCUT2D eigenvalue weighted by Crippen LogP contribution is 2.33. The molecule has 142 valence electrons. The minimum Gasteiger partial charge on any atom is -0.0622 e. The van der Waals surface area contributed by atoms with Gasteiger partial charge < -0.3 is 0 Å². The summed E-state index contributed by atoms with van der Waals surface area (Å²) in [6.45, 7) is 0. The summed E-state index contributed by atoms with van der Waals surface area (Å²) in [5, 5.41) is 0. The Morgan fingerprint density at radius 3 is 0.828 bits per heavy atom. The largest absolute Gasteiger partial charge is 0.0622 e. The maximum atomic E-state index is 2.22. The molecule has 0 atom stereocenters. The van der Waals surface area contributed by atoms with Crippen LogP contribution in [-0.2, 0) is 0 Å². The molecule has 0 saturated carbocycles. The van der Waals surface area contributed by atoms with E-state index in [-0.39, 0.29) is 0 Å². The fourth-order valence-electron chi connectivity index (χ4n) is 3.91. The van der Waals surface area contributed by atoms with E-state index in [9.17, 15) is 0 Å². The summed E-state index contributed by atoms with van der Waals surface area (Å²) in [7, 11) is 0. The van der Waals surface area contributed by atoms with Crippen molar-refractivity contribution in [1.82, 2.24) is 0 Å². The predicted octanol–water partition coefficient (Wildman–Crippen LogP) is 7.50. The van der Waals surface area contributed by atoms with Crippen molar-refractivity contribution < 1.29 is 0 Å². The van der Waals surface area contributed by atoms with Crippen LogP contribution in [0.2, 0.25) is 0 Å². The summed E-state index contributed by atoms with van der Waals surface area (Å²) in [6.07, 6.45) is 3.21. The molecule has 0 N–H and O–H groups in total. The predicted molar refractivity (Wildman–Crippen MR) is 123 cm³/mol. The van der Waals surface area contributed by atoms with Crippen LogP contribution in [0, 0.1) is 11.8 Å². The molecule has 0 fully saturated rings. The van der Waals surface area contributed by atoms with Gasteiger partial charge in [-0.25, -0.2) is 0 Å². The lowest BCUT2D eigenvalue weighted by Gasteiger charge is -2.21. The van der Waals surface area contributed by atoms with Crippen LogP contribution in [0.4, 0.5) is 0 Å². The lowest BCUT2D eigenvalue weighted by Crippen LogP contribution is -2.06. The van der Waals surface area contributed by atoms with Crippen LogP contribution in [0.5, 0.6) is 0 Å². The van der Waals surface area contributed by atoms with Gasteiger partial charge >= 0.3 is 0 Å². The Labute approximate surface area is 174 Å². The third-order valence-corrected chi connectivity index (χ3v) is 5.34. The van der Waals surface area contributed by atoms with Gasteiger partial charge in [0.05, 0.1) is 0 Å². The molecule has 0 heteroatoms. The van der Waals surface area contributed by atoms with E-state index in [0.717, 1.165) is 19.3 Å². The van der Waals surface area contributed by atoms with Gasteiger partial charge in [0.15, 0.2) is 0 Å². The quantitative estimate of drug-likeness (QED) is 0.299. The molecule has 2 radical (unpaired) electrons. The lowest BCUT2D eigenvalue weighted by atomic mass is 9.83. The molecule has 0 spiro atoms. The van der Waals surface area contributed by atoms with Crippen LogP contribution in [0.1, 0.15) is 41.5 Å². The minimum atomic E-state index is 1.05. The van der Waals surface area contributed by atoms with Gasteiger partial charge in [0.25, 0.3) is 0 Å². The molecule has 4 aromatic rings. The third kappa shape index (κ3) is 5.03. The van der Waals surface area contributed by atoms with Crippen LogP contribution in [0.3, 0.4) is 0 Å². The van der Waals surface area contributed by atoms with E-state index in [1.54, 1.807) is 0 Å². The molecule has 0 aromatic heterocycles. The number of hydrogen-bond donors (Lipinski definition) is 0. The van der Waals surface area contributed by atoms with E-state index in [0.29, 0.717) is 0 Å². The first-order chi connectivity index (χ1) is 14.4. The molecular formula is C29H26. The van der Waals surface area contributed by atoms with Crippen molar-refractivity contribution in [3.63, 3.8) is 0 Å². The molecular weight excluding hydrogens is 348 g/mol. The van der Waals surface area contributed by atoms with Crippen molar-refractivity contribution in [2.24, 2.45) is 0 Å². The number of hydrogen-bond acceptors (Lipinski definition) is 0. The molecule has 0 aliphatic carbocycles. The van der Waals surface area contributed by atoms with Crippen molar-refractivity contribution in [1.29, 1.82) is 0 Å². The molecule has 0 aliphatic rings. The van der Waals surface area contributed by atoms with Crippen molar-refractivity contribution in [2.75, 3.05) is 0 Å². The topological polar surface area (TPSA) is 0 Å². The first-order valence-corrected chi connectivity index (χ1v) is 10.3. The summed E-state index contributed by atoms with van der Waals surface area (Å²) < 4.78 is 0. The average Bonchev–Trinajstić information content (AvgIpc) is 2.81. The third-order valence-electron chi connectivity index (χ3n) is 5.34. The molecule has 29 heavy (non-hydrogen) atoms. The fraction of sp³-hybridized carbons (Fsp3) is 0.103. The SMILES string of the molecule is c1ccc([C](CCC[C](c2ccccc2)c2ccccc2)c2ccccc2)cc1. The molecule has 0 amide bonds. The second-order valence-electron chi connectivity index (χ2n) is 7.27. The monoisotopic (exact) mass is 374 g/mol. The van der Waals surface area contributed by atoms with Crippen LogP contribution in [0.15, 0.2) is 121 Å². The molecule has 0 bridgehead atoms. The van der Waals surface area contributed by atoms with Crippen LogP contribution in [-0.4, -0.2) is 0 Å². The highest BCUT2D eigenvalue weighted by Gasteiger charge is 2.18. The van der Waals surface area contributed by atoms with E-state index < -0.39 is 0 Å². The minimum absolute atomic E-state index is 1.05. The second-order valence-corrected chi connectivity index (χ2v) is 7.27. The van der Waals surface area contributed by atoms with Gasteiger partial charge in [0.1, 0.15) is 0 Å². The second kappa shape index (κ2) is 9.89. The molecule has 4 rings (SSSR count). The normalized spacial score (nSPS) is 11.1. The van der Waals surface area contributed by atoms with Gasteiger partial charge in [-0.3, -0.25) is 0 Å². The average molecular weight is 375 g/mol. The Hall–Kier alpha value is -3.12.